The van der Waals surface area contributed by atoms with Crippen molar-refractivity contribution in [2.75, 3.05) is 23.3 Å². The highest BCUT2D eigenvalue weighted by Gasteiger charge is 2.28. The van der Waals surface area contributed by atoms with Crippen molar-refractivity contribution in [3.63, 3.8) is 0 Å². The first-order valence-corrected chi connectivity index (χ1v) is 5.38. The van der Waals surface area contributed by atoms with Crippen molar-refractivity contribution in [3.8, 4) is 5.75 Å². The predicted octanol–water partition coefficient (Wildman–Crippen LogP) is 2.42. The lowest BCUT2D eigenvalue weighted by atomic mass is 9.99. The molecular weight excluding hydrogens is 188 g/mol. The highest BCUT2D eigenvalue weighted by Crippen LogP contribution is 2.36. The van der Waals surface area contributed by atoms with Gasteiger partial charge in [0.05, 0.1) is 11.4 Å². The summed E-state index contributed by atoms with van der Waals surface area (Å²) in [6.07, 6.45) is 0. The van der Waals surface area contributed by atoms with E-state index >= 15 is 0 Å². The zero-order chi connectivity index (χ0) is 11.1. The van der Waals surface area contributed by atoms with Crippen molar-refractivity contribution in [3.05, 3.63) is 18.2 Å². The summed E-state index contributed by atoms with van der Waals surface area (Å²) in [5.74, 6) is 0.315. The predicted molar refractivity (Wildman–Crippen MR) is 63.7 cm³/mol. The van der Waals surface area contributed by atoms with Crippen molar-refractivity contribution >= 4 is 11.4 Å². The molecule has 3 nitrogen and oxygen atoms in total. The van der Waals surface area contributed by atoms with Crippen LogP contribution in [-0.4, -0.2) is 23.7 Å². The third kappa shape index (κ3) is 1.87. The lowest BCUT2D eigenvalue weighted by Gasteiger charge is -2.41. The first-order valence-electron chi connectivity index (χ1n) is 5.38. The number of nitrogens with zero attached hydrogens (tertiary/aromatic N) is 1. The molecule has 15 heavy (non-hydrogen) atoms. The smallest absolute Gasteiger partial charge is 0.117 e. The lowest BCUT2D eigenvalue weighted by molar-refractivity contribution is 0.474. The maximum absolute atomic E-state index is 9.46. The summed E-state index contributed by atoms with van der Waals surface area (Å²) < 4.78 is 0. The molecule has 2 rings (SSSR count). The Kier molecular flexibility index (Phi) is 2.25. The molecule has 1 aromatic carbocycles. The van der Waals surface area contributed by atoms with E-state index in [2.05, 4.69) is 31.0 Å². The van der Waals surface area contributed by atoms with Crippen LogP contribution in [-0.2, 0) is 0 Å². The average molecular weight is 206 g/mol. The molecule has 0 unspecified atom stereocenters. The Morgan fingerprint density at radius 2 is 2.20 bits per heavy atom. The van der Waals surface area contributed by atoms with Gasteiger partial charge in [0.1, 0.15) is 5.75 Å². The van der Waals surface area contributed by atoms with Crippen LogP contribution >= 0.6 is 0 Å². The average Bonchev–Trinajstić information content (AvgIpc) is 2.14. The van der Waals surface area contributed by atoms with Gasteiger partial charge in [-0.05, 0) is 32.9 Å². The molecule has 2 N–H and O–H groups in total. The zero-order valence-corrected chi connectivity index (χ0v) is 9.54. The summed E-state index contributed by atoms with van der Waals surface area (Å²) in [7, 11) is 0. The minimum atomic E-state index is 0.0524. The number of rotatable bonds is 1. The first kappa shape index (κ1) is 10.1. The van der Waals surface area contributed by atoms with Gasteiger partial charge in [0.15, 0.2) is 0 Å². The van der Waals surface area contributed by atoms with Gasteiger partial charge < -0.3 is 15.3 Å². The number of hydrogen-bond donors (Lipinski definition) is 2. The Balaban J connectivity index is 2.44. The normalized spacial score (nSPS) is 18.2. The van der Waals surface area contributed by atoms with Crippen molar-refractivity contribution in [2.24, 2.45) is 0 Å². The van der Waals surface area contributed by atoms with Crippen molar-refractivity contribution in [2.45, 2.75) is 26.3 Å². The molecule has 0 saturated carbocycles. The van der Waals surface area contributed by atoms with Gasteiger partial charge in [0, 0.05) is 24.7 Å². The van der Waals surface area contributed by atoms with Gasteiger partial charge >= 0.3 is 0 Å². The fourth-order valence-corrected chi connectivity index (χ4v) is 2.15. The number of nitrogens with one attached hydrogen (secondary N) is 1. The molecule has 82 valence electrons. The Morgan fingerprint density at radius 3 is 2.87 bits per heavy atom. The van der Waals surface area contributed by atoms with E-state index in [0.717, 1.165) is 18.8 Å². The molecule has 0 bridgehead atoms. The number of anilines is 2. The Hall–Kier alpha value is -1.38. The fourth-order valence-electron chi connectivity index (χ4n) is 2.15. The largest absolute Gasteiger partial charge is 0.508 e. The minimum Gasteiger partial charge on any atom is -0.508 e. The third-order valence-electron chi connectivity index (χ3n) is 2.76. The molecule has 1 aliphatic heterocycles. The molecule has 1 aliphatic rings. The van der Waals surface area contributed by atoms with E-state index in [-0.39, 0.29) is 5.54 Å². The number of likely N-dealkylation sites (N-methyl/N-ethyl adjacent to an activating group) is 1. The summed E-state index contributed by atoms with van der Waals surface area (Å²) in [4.78, 5) is 2.32. The summed E-state index contributed by atoms with van der Waals surface area (Å²) in [6.45, 7) is 8.47. The standard InChI is InChI=1S/C12H18N2O/c1-4-14-8-12(2,3)13-10-7-9(15)5-6-11(10)14/h5-7,13,15H,4,8H2,1-3H3. The molecule has 0 radical (unpaired) electrons. The van der Waals surface area contributed by atoms with Crippen LogP contribution < -0.4 is 10.2 Å². The van der Waals surface area contributed by atoms with Crippen LogP contribution in [0.25, 0.3) is 0 Å². The quantitative estimate of drug-likeness (QED) is 0.740. The summed E-state index contributed by atoms with van der Waals surface area (Å²) >= 11 is 0. The van der Waals surface area contributed by atoms with Crippen LogP contribution in [0.1, 0.15) is 20.8 Å². The van der Waals surface area contributed by atoms with Crippen LogP contribution in [0.5, 0.6) is 5.75 Å². The summed E-state index contributed by atoms with van der Waals surface area (Å²) in [5.41, 5.74) is 2.25. The second-order valence-electron chi connectivity index (χ2n) is 4.72. The Labute approximate surface area is 90.7 Å². The molecule has 0 fully saturated rings. The maximum atomic E-state index is 9.46. The van der Waals surface area contributed by atoms with E-state index < -0.39 is 0 Å². The van der Waals surface area contributed by atoms with Gasteiger partial charge in [-0.25, -0.2) is 0 Å². The number of phenolic OH excluding ortho intramolecular Hbond substituents is 1. The molecule has 0 aromatic heterocycles. The van der Waals surface area contributed by atoms with E-state index in [1.807, 2.05) is 6.07 Å². The monoisotopic (exact) mass is 206 g/mol. The topological polar surface area (TPSA) is 35.5 Å². The van der Waals surface area contributed by atoms with Crippen LogP contribution in [0.15, 0.2) is 18.2 Å². The van der Waals surface area contributed by atoms with Crippen LogP contribution in [0.4, 0.5) is 11.4 Å². The second kappa shape index (κ2) is 3.33. The van der Waals surface area contributed by atoms with E-state index in [9.17, 15) is 5.11 Å². The van der Waals surface area contributed by atoms with Gasteiger partial charge in [-0.2, -0.15) is 0 Å². The zero-order valence-electron chi connectivity index (χ0n) is 9.54. The maximum Gasteiger partial charge on any atom is 0.117 e. The van der Waals surface area contributed by atoms with Crippen molar-refractivity contribution in [1.29, 1.82) is 0 Å². The van der Waals surface area contributed by atoms with Crippen LogP contribution in [0, 0.1) is 0 Å². The van der Waals surface area contributed by atoms with E-state index in [1.54, 1.807) is 12.1 Å². The minimum absolute atomic E-state index is 0.0524. The lowest BCUT2D eigenvalue weighted by Crippen LogP contribution is -2.48. The number of fused-ring (bicyclic) bond motifs is 1. The second-order valence-corrected chi connectivity index (χ2v) is 4.72. The summed E-state index contributed by atoms with van der Waals surface area (Å²) in [6, 6.07) is 5.50. The highest BCUT2D eigenvalue weighted by atomic mass is 16.3. The molecule has 0 amide bonds. The van der Waals surface area contributed by atoms with Gasteiger partial charge in [-0.3, -0.25) is 0 Å². The first-order chi connectivity index (χ1) is 7.02. The van der Waals surface area contributed by atoms with Crippen LogP contribution in [0.3, 0.4) is 0 Å². The number of hydrogen-bond acceptors (Lipinski definition) is 3. The number of aromatic hydroxyl groups is 1. The van der Waals surface area contributed by atoms with Gasteiger partial charge in [-0.15, -0.1) is 0 Å². The van der Waals surface area contributed by atoms with E-state index in [0.29, 0.717) is 5.75 Å². The molecule has 0 atom stereocenters. The molecule has 0 saturated heterocycles. The van der Waals surface area contributed by atoms with Crippen molar-refractivity contribution in [1.82, 2.24) is 0 Å². The molecule has 3 heteroatoms. The van der Waals surface area contributed by atoms with Crippen LogP contribution in [0.2, 0.25) is 0 Å². The number of phenols is 1. The van der Waals surface area contributed by atoms with Gasteiger partial charge in [0.2, 0.25) is 0 Å². The fraction of sp³-hybridized carbons (Fsp3) is 0.500. The van der Waals surface area contributed by atoms with E-state index in [1.165, 1.54) is 5.69 Å². The number of benzene rings is 1. The van der Waals surface area contributed by atoms with Gasteiger partial charge in [-0.1, -0.05) is 0 Å². The SMILES string of the molecule is CCN1CC(C)(C)Nc2cc(O)ccc21. The summed E-state index contributed by atoms with van der Waals surface area (Å²) in [5, 5.41) is 12.9. The third-order valence-corrected chi connectivity index (χ3v) is 2.76. The molecular formula is C12H18N2O. The molecule has 0 aliphatic carbocycles. The highest BCUT2D eigenvalue weighted by molar-refractivity contribution is 5.75. The van der Waals surface area contributed by atoms with Crippen molar-refractivity contribution < 1.29 is 5.11 Å². The molecule has 1 aromatic rings. The molecule has 0 spiro atoms. The Bertz CT molecular complexity index is 374. The van der Waals surface area contributed by atoms with Gasteiger partial charge in [0.25, 0.3) is 0 Å². The van der Waals surface area contributed by atoms with E-state index in [4.69, 9.17) is 0 Å². The Morgan fingerprint density at radius 1 is 1.47 bits per heavy atom. The molecule has 1 heterocycles.